The lowest BCUT2D eigenvalue weighted by Gasteiger charge is -2.34. The van der Waals surface area contributed by atoms with Crippen LogP contribution in [0.1, 0.15) is 4.88 Å². The van der Waals surface area contributed by atoms with E-state index in [4.69, 9.17) is 4.74 Å². The molecule has 11 heteroatoms. The summed E-state index contributed by atoms with van der Waals surface area (Å²) < 4.78 is 32.4. The van der Waals surface area contributed by atoms with E-state index in [-0.39, 0.29) is 16.5 Å². The van der Waals surface area contributed by atoms with Crippen LogP contribution in [-0.4, -0.2) is 86.0 Å². The Morgan fingerprint density at radius 1 is 1.03 bits per heavy atom. The first-order chi connectivity index (χ1) is 14.0. The van der Waals surface area contributed by atoms with Crippen LogP contribution < -0.4 is 4.90 Å². The van der Waals surface area contributed by atoms with Crippen LogP contribution in [-0.2, 0) is 26.0 Å². The van der Waals surface area contributed by atoms with Crippen molar-refractivity contribution in [2.75, 3.05) is 57.4 Å². The second kappa shape index (κ2) is 8.74. The van der Waals surface area contributed by atoms with E-state index in [9.17, 15) is 13.2 Å². The average molecular weight is 438 g/mol. The molecule has 9 nitrogen and oxygen atoms in total. The SMILES string of the molecule is O=C(Cc1ccc(S(=O)(=O)N2CCOCC2)s1)N1CCN(c2ncccn2)CC1. The van der Waals surface area contributed by atoms with Gasteiger partial charge >= 0.3 is 0 Å². The van der Waals surface area contributed by atoms with Gasteiger partial charge in [-0.15, -0.1) is 11.3 Å². The smallest absolute Gasteiger partial charge is 0.252 e. The van der Waals surface area contributed by atoms with E-state index in [2.05, 4.69) is 14.9 Å². The molecule has 156 valence electrons. The van der Waals surface area contributed by atoms with Crippen molar-refractivity contribution in [1.82, 2.24) is 19.2 Å². The first-order valence-corrected chi connectivity index (χ1v) is 11.8. The summed E-state index contributed by atoms with van der Waals surface area (Å²) in [4.78, 5) is 25.8. The monoisotopic (exact) mass is 437 g/mol. The van der Waals surface area contributed by atoms with Gasteiger partial charge in [-0.25, -0.2) is 18.4 Å². The molecule has 1 amide bonds. The van der Waals surface area contributed by atoms with Gasteiger partial charge in [-0.3, -0.25) is 4.79 Å². The molecule has 29 heavy (non-hydrogen) atoms. The Balaban J connectivity index is 1.34. The summed E-state index contributed by atoms with van der Waals surface area (Å²) in [6.45, 7) is 4.11. The minimum atomic E-state index is -3.51. The van der Waals surface area contributed by atoms with Crippen molar-refractivity contribution in [3.05, 3.63) is 35.5 Å². The number of amides is 1. The highest BCUT2D eigenvalue weighted by molar-refractivity contribution is 7.91. The molecule has 2 aromatic rings. The van der Waals surface area contributed by atoms with Gasteiger partial charge in [-0.2, -0.15) is 4.31 Å². The molecule has 0 bridgehead atoms. The van der Waals surface area contributed by atoms with Gasteiger partial charge in [0.2, 0.25) is 11.9 Å². The number of anilines is 1. The van der Waals surface area contributed by atoms with Crippen LogP contribution >= 0.6 is 11.3 Å². The number of carbonyl (C=O) groups excluding carboxylic acids is 1. The first-order valence-electron chi connectivity index (χ1n) is 9.50. The van der Waals surface area contributed by atoms with Crippen LogP contribution in [0.25, 0.3) is 0 Å². The second-order valence-electron chi connectivity index (χ2n) is 6.83. The molecule has 0 N–H and O–H groups in total. The number of rotatable bonds is 5. The molecule has 2 aromatic heterocycles. The van der Waals surface area contributed by atoms with Gasteiger partial charge in [0.25, 0.3) is 10.0 Å². The molecule has 2 aliphatic heterocycles. The molecule has 4 heterocycles. The second-order valence-corrected chi connectivity index (χ2v) is 10.2. The predicted molar refractivity (Wildman–Crippen MR) is 108 cm³/mol. The summed E-state index contributed by atoms with van der Waals surface area (Å²) >= 11 is 1.17. The van der Waals surface area contributed by atoms with E-state index in [0.29, 0.717) is 58.4 Å². The average Bonchev–Trinajstić information content (AvgIpc) is 3.24. The van der Waals surface area contributed by atoms with Crippen molar-refractivity contribution in [2.24, 2.45) is 0 Å². The third-order valence-electron chi connectivity index (χ3n) is 4.99. The fourth-order valence-corrected chi connectivity index (χ4v) is 6.29. The van der Waals surface area contributed by atoms with Crippen molar-refractivity contribution in [1.29, 1.82) is 0 Å². The summed E-state index contributed by atoms with van der Waals surface area (Å²) in [7, 11) is -3.51. The number of aromatic nitrogens is 2. The molecule has 2 saturated heterocycles. The zero-order chi connectivity index (χ0) is 20.3. The lowest BCUT2D eigenvalue weighted by molar-refractivity contribution is -0.130. The highest BCUT2D eigenvalue weighted by atomic mass is 32.2. The molecular weight excluding hydrogens is 414 g/mol. The summed E-state index contributed by atoms with van der Waals surface area (Å²) in [5.74, 6) is 0.687. The van der Waals surface area contributed by atoms with Gasteiger partial charge < -0.3 is 14.5 Å². The van der Waals surface area contributed by atoms with Crippen molar-refractivity contribution >= 4 is 33.2 Å². The standard InChI is InChI=1S/C18H23N5O4S2/c24-16(21-6-8-22(9-7-21)18-19-4-1-5-20-18)14-15-2-3-17(28-15)29(25,26)23-10-12-27-13-11-23/h1-5H,6-14H2. The van der Waals surface area contributed by atoms with Gasteiger partial charge in [0.15, 0.2) is 0 Å². The van der Waals surface area contributed by atoms with E-state index in [1.165, 1.54) is 15.6 Å². The van der Waals surface area contributed by atoms with E-state index >= 15 is 0 Å². The minimum absolute atomic E-state index is 0.0100. The summed E-state index contributed by atoms with van der Waals surface area (Å²) in [5, 5.41) is 0. The Morgan fingerprint density at radius 3 is 2.41 bits per heavy atom. The quantitative estimate of drug-likeness (QED) is 0.670. The fraction of sp³-hybridized carbons (Fsp3) is 0.500. The van der Waals surface area contributed by atoms with Crippen LogP contribution in [0.4, 0.5) is 5.95 Å². The van der Waals surface area contributed by atoms with Crippen molar-refractivity contribution in [3.63, 3.8) is 0 Å². The van der Waals surface area contributed by atoms with Crippen molar-refractivity contribution in [3.8, 4) is 0 Å². The molecule has 0 radical (unpaired) electrons. The number of sulfonamides is 1. The van der Waals surface area contributed by atoms with Crippen LogP contribution in [0.15, 0.2) is 34.8 Å². The Labute approximate surface area is 174 Å². The fourth-order valence-electron chi connectivity index (χ4n) is 3.38. The largest absolute Gasteiger partial charge is 0.379 e. The summed E-state index contributed by atoms with van der Waals surface area (Å²) in [5.41, 5.74) is 0. The van der Waals surface area contributed by atoms with Gasteiger partial charge in [0, 0.05) is 56.5 Å². The van der Waals surface area contributed by atoms with E-state index in [1.807, 2.05) is 4.90 Å². The Kier molecular flexibility index (Phi) is 6.09. The molecule has 0 atom stereocenters. The van der Waals surface area contributed by atoms with Crippen molar-refractivity contribution < 1.29 is 17.9 Å². The topological polar surface area (TPSA) is 95.9 Å². The van der Waals surface area contributed by atoms with E-state index in [0.717, 1.165) is 4.88 Å². The normalized spacial score (nSPS) is 18.8. The molecule has 2 fully saturated rings. The third-order valence-corrected chi connectivity index (χ3v) is 8.45. The van der Waals surface area contributed by atoms with E-state index < -0.39 is 10.0 Å². The lowest BCUT2D eigenvalue weighted by atomic mass is 10.2. The van der Waals surface area contributed by atoms with Gasteiger partial charge in [-0.05, 0) is 18.2 Å². The highest BCUT2D eigenvalue weighted by Crippen LogP contribution is 2.26. The van der Waals surface area contributed by atoms with E-state index in [1.54, 1.807) is 30.6 Å². The van der Waals surface area contributed by atoms with Crippen LogP contribution in [0.3, 0.4) is 0 Å². The number of ether oxygens (including phenoxy) is 1. The summed E-state index contributed by atoms with van der Waals surface area (Å²) in [6.07, 6.45) is 3.63. The maximum absolute atomic E-state index is 12.7. The minimum Gasteiger partial charge on any atom is -0.379 e. The van der Waals surface area contributed by atoms with Crippen LogP contribution in [0, 0.1) is 0 Å². The Bertz CT molecular complexity index is 936. The summed E-state index contributed by atoms with van der Waals surface area (Å²) in [6, 6.07) is 5.12. The van der Waals surface area contributed by atoms with Gasteiger partial charge in [0.1, 0.15) is 4.21 Å². The first kappa shape index (κ1) is 20.2. The molecule has 0 saturated carbocycles. The molecule has 0 unspecified atom stereocenters. The molecule has 0 aromatic carbocycles. The van der Waals surface area contributed by atoms with Crippen LogP contribution in [0.5, 0.6) is 0 Å². The number of thiophene rings is 1. The van der Waals surface area contributed by atoms with Gasteiger partial charge in [0.05, 0.1) is 19.6 Å². The maximum Gasteiger partial charge on any atom is 0.252 e. The molecule has 0 spiro atoms. The molecule has 4 rings (SSSR count). The molecule has 2 aliphatic rings. The van der Waals surface area contributed by atoms with Crippen molar-refractivity contribution in [2.45, 2.75) is 10.6 Å². The zero-order valence-electron chi connectivity index (χ0n) is 15.9. The number of carbonyl (C=O) groups is 1. The number of hydrogen-bond acceptors (Lipinski definition) is 8. The lowest BCUT2D eigenvalue weighted by Crippen LogP contribution is -2.49. The molecule has 0 aliphatic carbocycles. The molecular formula is C18H23N5O4S2. The highest BCUT2D eigenvalue weighted by Gasteiger charge is 2.28. The maximum atomic E-state index is 12.7. The third kappa shape index (κ3) is 4.58. The number of nitrogens with zero attached hydrogens (tertiary/aromatic N) is 5. The number of hydrogen-bond donors (Lipinski definition) is 0. The zero-order valence-corrected chi connectivity index (χ0v) is 17.6. The van der Waals surface area contributed by atoms with Crippen LogP contribution in [0.2, 0.25) is 0 Å². The number of morpholine rings is 1. The van der Waals surface area contributed by atoms with Gasteiger partial charge in [-0.1, -0.05) is 0 Å². The number of piperazine rings is 1. The predicted octanol–water partition coefficient (Wildman–Crippen LogP) is 0.450. The Morgan fingerprint density at radius 2 is 1.72 bits per heavy atom. The Hall–Kier alpha value is -2.08.